The van der Waals surface area contributed by atoms with Gasteiger partial charge in [0, 0.05) is 22.3 Å². The first-order valence-corrected chi connectivity index (χ1v) is 7.55. The van der Waals surface area contributed by atoms with Crippen LogP contribution in [0.4, 0.5) is 0 Å². The molecule has 0 saturated carbocycles. The highest BCUT2D eigenvalue weighted by atomic mass is 35.5. The van der Waals surface area contributed by atoms with Gasteiger partial charge in [-0.2, -0.15) is 0 Å². The van der Waals surface area contributed by atoms with E-state index in [4.69, 9.17) is 81.2 Å². The Kier molecular flexibility index (Phi) is 3.60. The van der Waals surface area contributed by atoms with Crippen molar-refractivity contribution in [2.45, 2.75) is 0 Å². The Bertz CT molecular complexity index is 749. The summed E-state index contributed by atoms with van der Waals surface area (Å²) in [5, 5.41) is 2.12. The molecule has 0 atom stereocenters. The van der Waals surface area contributed by atoms with Crippen molar-refractivity contribution in [3.8, 4) is 22.3 Å². The van der Waals surface area contributed by atoms with E-state index in [1.54, 1.807) is 6.07 Å². The molecular weight excluding hydrogens is 392 g/mol. The van der Waals surface area contributed by atoms with Gasteiger partial charge in [-0.05, 0) is 6.07 Å². The quantitative estimate of drug-likeness (QED) is 0.269. The summed E-state index contributed by atoms with van der Waals surface area (Å²) in [6, 6.07) is 1.56. The third kappa shape index (κ3) is 1.82. The number of hydrogen-bond acceptors (Lipinski definition) is 0. The molecule has 7 heteroatoms. The zero-order valence-electron chi connectivity index (χ0n) is 8.72. The van der Waals surface area contributed by atoms with Crippen LogP contribution in [-0.4, -0.2) is 0 Å². The van der Waals surface area contributed by atoms with Crippen LogP contribution < -0.4 is 0 Å². The first kappa shape index (κ1) is 14.4. The third-order valence-electron chi connectivity index (χ3n) is 2.94. The lowest BCUT2D eigenvalue weighted by atomic mass is 9.80. The Balaban J connectivity index is 2.47. The molecule has 0 unspecified atom stereocenters. The Morgan fingerprint density at radius 1 is 0.421 bits per heavy atom. The van der Waals surface area contributed by atoms with Gasteiger partial charge in [-0.3, -0.25) is 0 Å². The molecule has 1 aliphatic carbocycles. The maximum atomic E-state index is 6.20. The molecule has 2 aromatic rings. The first-order valence-electron chi connectivity index (χ1n) is 4.90. The van der Waals surface area contributed by atoms with Gasteiger partial charge in [0.1, 0.15) is 0 Å². The normalized spacial score (nSPS) is 11.9. The van der Waals surface area contributed by atoms with Crippen LogP contribution in [0.3, 0.4) is 0 Å². The molecule has 2 aromatic carbocycles. The fourth-order valence-electron chi connectivity index (χ4n) is 2.11. The van der Waals surface area contributed by atoms with Crippen molar-refractivity contribution in [2.24, 2.45) is 0 Å². The van der Waals surface area contributed by atoms with Crippen molar-refractivity contribution in [1.29, 1.82) is 0 Å². The molecule has 0 spiro atoms. The number of hydrogen-bond donors (Lipinski definition) is 0. The van der Waals surface area contributed by atoms with Gasteiger partial charge in [0.2, 0.25) is 0 Å². The summed E-state index contributed by atoms with van der Waals surface area (Å²) >= 11 is 42.8. The predicted octanol–water partition coefficient (Wildman–Crippen LogP) is 7.91. The van der Waals surface area contributed by atoms with Crippen LogP contribution in [0.25, 0.3) is 22.3 Å². The zero-order chi connectivity index (χ0) is 14.1. The van der Waals surface area contributed by atoms with E-state index in [2.05, 4.69) is 0 Å². The van der Waals surface area contributed by atoms with Crippen molar-refractivity contribution in [3.05, 3.63) is 41.2 Å². The fourth-order valence-corrected chi connectivity index (χ4v) is 3.96. The number of halogens is 7. The Morgan fingerprint density at radius 2 is 0.842 bits per heavy atom. The first-order chi connectivity index (χ1) is 8.86. The van der Waals surface area contributed by atoms with Crippen LogP contribution in [0.2, 0.25) is 35.2 Å². The highest BCUT2D eigenvalue weighted by Gasteiger charge is 2.36. The molecule has 0 nitrogen and oxygen atoms in total. The number of fused-ring (bicyclic) bond motifs is 4. The van der Waals surface area contributed by atoms with E-state index in [1.807, 2.05) is 0 Å². The Morgan fingerprint density at radius 3 is 1.37 bits per heavy atom. The average molecular weight is 393 g/mol. The van der Waals surface area contributed by atoms with Gasteiger partial charge in [-0.1, -0.05) is 81.2 Å². The number of rotatable bonds is 0. The maximum Gasteiger partial charge on any atom is 0.0800 e. The Labute approximate surface area is 144 Å². The van der Waals surface area contributed by atoms with Crippen molar-refractivity contribution in [1.82, 2.24) is 0 Å². The van der Waals surface area contributed by atoms with E-state index in [1.165, 1.54) is 0 Å². The minimum atomic E-state index is 0.185. The van der Waals surface area contributed by atoms with Crippen LogP contribution in [0, 0.1) is 0 Å². The summed E-state index contributed by atoms with van der Waals surface area (Å²) < 4.78 is 0. The van der Waals surface area contributed by atoms with E-state index in [9.17, 15) is 0 Å². The monoisotopic (exact) mass is 390 g/mol. The van der Waals surface area contributed by atoms with Gasteiger partial charge in [0.25, 0.3) is 0 Å². The second kappa shape index (κ2) is 4.74. The minimum absolute atomic E-state index is 0.185. The summed E-state index contributed by atoms with van der Waals surface area (Å²) in [5.41, 5.74) is 2.63. The number of benzene rings is 2. The predicted molar refractivity (Wildman–Crippen MR) is 85.9 cm³/mol. The van der Waals surface area contributed by atoms with E-state index in [0.717, 1.165) is 0 Å². The molecule has 0 saturated heterocycles. The molecule has 98 valence electrons. The molecule has 0 N–H and O–H groups in total. The summed E-state index contributed by atoms with van der Waals surface area (Å²) in [6.45, 7) is 0. The standard InChI is InChI=1S/C12HCl7/c13-2-1-3(14)8(15)5-4(2)6-7(5)10(17)12(19)11(18)9(6)16/h1H. The topological polar surface area (TPSA) is 0 Å². The van der Waals surface area contributed by atoms with Crippen LogP contribution in [0.1, 0.15) is 0 Å². The molecule has 3 rings (SSSR count). The zero-order valence-corrected chi connectivity index (χ0v) is 14.0. The summed E-state index contributed by atoms with van der Waals surface area (Å²) in [6.07, 6.45) is 0. The van der Waals surface area contributed by atoms with Crippen molar-refractivity contribution in [3.63, 3.8) is 0 Å². The average Bonchev–Trinajstić information content (AvgIpc) is 2.32. The van der Waals surface area contributed by atoms with Gasteiger partial charge in [-0.15, -0.1) is 0 Å². The van der Waals surface area contributed by atoms with Gasteiger partial charge in [0.05, 0.1) is 35.2 Å². The second-order valence-electron chi connectivity index (χ2n) is 3.91. The highest BCUT2D eigenvalue weighted by Crippen LogP contribution is 2.63. The van der Waals surface area contributed by atoms with Gasteiger partial charge < -0.3 is 0 Å². The van der Waals surface area contributed by atoms with E-state index < -0.39 is 0 Å². The molecule has 0 amide bonds. The Hall–Kier alpha value is 0.470. The van der Waals surface area contributed by atoms with E-state index in [0.29, 0.717) is 47.4 Å². The van der Waals surface area contributed by atoms with Gasteiger partial charge >= 0.3 is 0 Å². The van der Waals surface area contributed by atoms with Crippen LogP contribution in [-0.2, 0) is 0 Å². The van der Waals surface area contributed by atoms with Crippen molar-refractivity contribution in [2.75, 3.05) is 0 Å². The molecule has 0 aromatic heterocycles. The molecule has 0 aliphatic heterocycles. The second-order valence-corrected chi connectivity index (χ2v) is 6.61. The van der Waals surface area contributed by atoms with Crippen LogP contribution in [0.15, 0.2) is 6.07 Å². The lowest BCUT2D eigenvalue weighted by Crippen LogP contribution is -2.04. The SMILES string of the molecule is Clc1cc(Cl)c2c(c1Cl)-c1c(Cl)c(Cl)c(Cl)c(Cl)c1-2. The minimum Gasteiger partial charge on any atom is -0.0836 e. The highest BCUT2D eigenvalue weighted by molar-refractivity contribution is 6.57. The lowest BCUT2D eigenvalue weighted by Gasteiger charge is -2.30. The molecule has 1 aliphatic rings. The smallest absolute Gasteiger partial charge is 0.0800 e. The van der Waals surface area contributed by atoms with Crippen molar-refractivity contribution >= 4 is 81.2 Å². The molecule has 19 heavy (non-hydrogen) atoms. The summed E-state index contributed by atoms with van der Waals surface area (Å²) in [7, 11) is 0. The van der Waals surface area contributed by atoms with Crippen molar-refractivity contribution < 1.29 is 0 Å². The lowest BCUT2D eigenvalue weighted by molar-refractivity contribution is 1.51. The largest absolute Gasteiger partial charge is 0.0836 e. The van der Waals surface area contributed by atoms with Gasteiger partial charge in [0.15, 0.2) is 0 Å². The fraction of sp³-hybridized carbons (Fsp3) is 0. The van der Waals surface area contributed by atoms with E-state index in [-0.39, 0.29) is 10.0 Å². The summed E-state index contributed by atoms with van der Waals surface area (Å²) in [5.74, 6) is 0. The van der Waals surface area contributed by atoms with E-state index >= 15 is 0 Å². The molecule has 0 fully saturated rings. The molecule has 0 bridgehead atoms. The van der Waals surface area contributed by atoms with Gasteiger partial charge in [-0.25, -0.2) is 0 Å². The maximum absolute atomic E-state index is 6.20. The van der Waals surface area contributed by atoms with Crippen LogP contribution in [0.5, 0.6) is 0 Å². The van der Waals surface area contributed by atoms with Crippen LogP contribution >= 0.6 is 81.2 Å². The molecule has 0 heterocycles. The molecule has 0 radical (unpaired) electrons. The summed E-state index contributed by atoms with van der Waals surface area (Å²) in [4.78, 5) is 0. The molecular formula is C12HCl7. The third-order valence-corrected chi connectivity index (χ3v) is 5.83.